The highest BCUT2D eigenvalue weighted by Crippen LogP contribution is 2.19. The van der Waals surface area contributed by atoms with Crippen molar-refractivity contribution in [3.63, 3.8) is 0 Å². The number of aliphatic hydroxyl groups is 1. The van der Waals surface area contributed by atoms with E-state index in [9.17, 15) is 15.0 Å². The van der Waals surface area contributed by atoms with Gasteiger partial charge < -0.3 is 15.0 Å². The number of hydrogen-bond donors (Lipinski definition) is 1. The first-order valence-electron chi connectivity index (χ1n) is 6.62. The van der Waals surface area contributed by atoms with Crippen LogP contribution in [0.1, 0.15) is 37.9 Å². The first-order chi connectivity index (χ1) is 9.09. The molecule has 2 atom stereocenters. The molecule has 1 saturated heterocycles. The molecule has 0 radical (unpaired) electrons. The molecular formula is C15H19NO3. The van der Waals surface area contributed by atoms with Crippen LogP contribution in [0.3, 0.4) is 0 Å². The topological polar surface area (TPSA) is 63.4 Å². The second kappa shape index (κ2) is 5.97. The van der Waals surface area contributed by atoms with E-state index < -0.39 is 18.1 Å². The average molecular weight is 261 g/mol. The van der Waals surface area contributed by atoms with Crippen LogP contribution >= 0.6 is 0 Å². The Morgan fingerprint density at radius 2 is 2.16 bits per heavy atom. The molecule has 0 aliphatic carbocycles. The Morgan fingerprint density at radius 3 is 2.79 bits per heavy atom. The van der Waals surface area contributed by atoms with Gasteiger partial charge in [-0.25, -0.2) is 4.58 Å². The largest absolute Gasteiger partial charge is 0.543 e. The van der Waals surface area contributed by atoms with Crippen LogP contribution in [0.2, 0.25) is 0 Å². The van der Waals surface area contributed by atoms with E-state index in [1.54, 1.807) is 0 Å². The van der Waals surface area contributed by atoms with Gasteiger partial charge in [-0.2, -0.15) is 0 Å². The highest BCUT2D eigenvalue weighted by atomic mass is 16.4. The van der Waals surface area contributed by atoms with Gasteiger partial charge >= 0.3 is 0 Å². The van der Waals surface area contributed by atoms with Gasteiger partial charge in [-0.1, -0.05) is 30.3 Å². The van der Waals surface area contributed by atoms with Gasteiger partial charge in [-0.3, -0.25) is 0 Å². The smallest absolute Gasteiger partial charge is 0.192 e. The summed E-state index contributed by atoms with van der Waals surface area (Å²) >= 11 is 0. The summed E-state index contributed by atoms with van der Waals surface area (Å²) in [5.41, 5.74) is 1.76. The molecule has 1 aliphatic heterocycles. The van der Waals surface area contributed by atoms with E-state index in [0.717, 1.165) is 24.2 Å². The number of hydrogen-bond acceptors (Lipinski definition) is 3. The van der Waals surface area contributed by atoms with Crippen LogP contribution in [0.15, 0.2) is 30.3 Å². The van der Waals surface area contributed by atoms with Crippen LogP contribution < -0.4 is 5.11 Å². The average Bonchev–Trinajstić information content (AvgIpc) is 2.89. The van der Waals surface area contributed by atoms with Gasteiger partial charge in [0.1, 0.15) is 12.5 Å². The molecule has 1 aromatic carbocycles. The Bertz CT molecular complexity index is 481. The molecule has 0 aromatic heterocycles. The fourth-order valence-corrected chi connectivity index (χ4v) is 2.66. The summed E-state index contributed by atoms with van der Waals surface area (Å²) in [5, 5.41) is 21.2. The van der Waals surface area contributed by atoms with Crippen molar-refractivity contribution >= 4 is 11.7 Å². The number of carboxylic acids is 1. The number of carboxylic acid groups (broad SMARTS) is 1. The third-order valence-corrected chi connectivity index (χ3v) is 3.69. The number of carbonyl (C=O) groups is 1. The van der Waals surface area contributed by atoms with Gasteiger partial charge in [0.15, 0.2) is 11.8 Å². The molecule has 1 heterocycles. The Morgan fingerprint density at radius 1 is 1.47 bits per heavy atom. The SMILES string of the molecule is CC(C[C@@H](O)c1ccccc1)=[N+]1CCC[C@H]1C(=O)[O-]. The van der Waals surface area contributed by atoms with Gasteiger partial charge in [0.05, 0.1) is 12.5 Å². The summed E-state index contributed by atoms with van der Waals surface area (Å²) in [4.78, 5) is 11.0. The molecule has 0 amide bonds. The molecule has 1 N–H and O–H groups in total. The lowest BCUT2D eigenvalue weighted by Gasteiger charge is -2.14. The Balaban J connectivity index is 2.12. The molecule has 0 bridgehead atoms. The predicted molar refractivity (Wildman–Crippen MR) is 69.9 cm³/mol. The van der Waals surface area contributed by atoms with Crippen LogP contribution in [0, 0.1) is 0 Å². The van der Waals surface area contributed by atoms with Crippen molar-refractivity contribution in [2.24, 2.45) is 0 Å². The lowest BCUT2D eigenvalue weighted by atomic mass is 10.0. The molecule has 4 nitrogen and oxygen atoms in total. The lowest BCUT2D eigenvalue weighted by Crippen LogP contribution is -2.42. The van der Waals surface area contributed by atoms with Crippen LogP contribution in [0.25, 0.3) is 0 Å². The van der Waals surface area contributed by atoms with E-state index in [2.05, 4.69) is 0 Å². The summed E-state index contributed by atoms with van der Waals surface area (Å²) < 4.78 is 1.85. The second-order valence-electron chi connectivity index (χ2n) is 5.04. The van der Waals surface area contributed by atoms with Crippen LogP contribution in [0.5, 0.6) is 0 Å². The lowest BCUT2D eigenvalue weighted by molar-refractivity contribution is -0.545. The molecule has 1 aromatic rings. The van der Waals surface area contributed by atoms with Crippen LogP contribution in [-0.2, 0) is 4.79 Å². The summed E-state index contributed by atoms with van der Waals surface area (Å²) in [6.45, 7) is 2.61. The minimum Gasteiger partial charge on any atom is -0.543 e. The summed E-state index contributed by atoms with van der Waals surface area (Å²) in [5.74, 6) is -1.02. The van der Waals surface area contributed by atoms with E-state index >= 15 is 0 Å². The number of aliphatic hydroxyl groups excluding tert-OH is 1. The van der Waals surface area contributed by atoms with Crippen molar-refractivity contribution < 1.29 is 19.6 Å². The molecule has 1 aliphatic rings. The van der Waals surface area contributed by atoms with Gasteiger partial charge in [-0.15, -0.1) is 0 Å². The van der Waals surface area contributed by atoms with Crippen LogP contribution in [-0.4, -0.2) is 33.9 Å². The van der Waals surface area contributed by atoms with Crippen molar-refractivity contribution in [2.75, 3.05) is 6.54 Å². The second-order valence-corrected chi connectivity index (χ2v) is 5.04. The molecule has 4 heteroatoms. The third kappa shape index (κ3) is 3.20. The summed E-state index contributed by atoms with van der Waals surface area (Å²) in [6, 6.07) is 8.87. The Kier molecular flexibility index (Phi) is 4.32. The Labute approximate surface area is 113 Å². The van der Waals surface area contributed by atoms with E-state index in [1.807, 2.05) is 41.8 Å². The first kappa shape index (κ1) is 13.7. The maximum Gasteiger partial charge on any atom is 0.192 e. The molecule has 102 valence electrons. The zero-order valence-electron chi connectivity index (χ0n) is 11.1. The normalized spacial score (nSPS) is 23.2. The highest BCUT2D eigenvalue weighted by molar-refractivity contribution is 5.79. The third-order valence-electron chi connectivity index (χ3n) is 3.69. The summed E-state index contributed by atoms with van der Waals surface area (Å²) in [7, 11) is 0. The van der Waals surface area contributed by atoms with Crippen molar-refractivity contribution in [1.82, 2.24) is 0 Å². The molecule has 2 rings (SSSR count). The van der Waals surface area contributed by atoms with Gasteiger partial charge in [0, 0.05) is 19.8 Å². The van der Waals surface area contributed by atoms with E-state index in [1.165, 1.54) is 0 Å². The Hall–Kier alpha value is -1.68. The monoisotopic (exact) mass is 261 g/mol. The van der Waals surface area contributed by atoms with E-state index in [0.29, 0.717) is 12.8 Å². The number of rotatable bonds is 4. The highest BCUT2D eigenvalue weighted by Gasteiger charge is 2.31. The van der Waals surface area contributed by atoms with Gasteiger partial charge in [0.25, 0.3) is 0 Å². The van der Waals surface area contributed by atoms with Crippen molar-refractivity contribution in [2.45, 2.75) is 38.3 Å². The maximum absolute atomic E-state index is 11.0. The molecule has 0 saturated carbocycles. The van der Waals surface area contributed by atoms with Gasteiger partial charge in [0.2, 0.25) is 0 Å². The predicted octanol–water partition coefficient (Wildman–Crippen LogP) is 0.496. The van der Waals surface area contributed by atoms with Crippen molar-refractivity contribution in [1.29, 1.82) is 0 Å². The fourth-order valence-electron chi connectivity index (χ4n) is 2.66. The molecule has 0 unspecified atom stereocenters. The van der Waals surface area contributed by atoms with E-state index in [4.69, 9.17) is 0 Å². The first-order valence-corrected chi connectivity index (χ1v) is 6.62. The quantitative estimate of drug-likeness (QED) is 0.803. The minimum atomic E-state index is -1.02. The minimum absolute atomic E-state index is 0.452. The molecular weight excluding hydrogens is 242 g/mol. The number of aliphatic carboxylic acids is 1. The standard InChI is InChI=1S/C15H19NO3/c1-11(16-9-5-8-13(16)15(18)19)10-14(17)12-6-3-2-4-7-12/h2-4,6-7,13-14,17H,5,8-10H2,1H3/t13-,14+/m0/s1. The molecule has 19 heavy (non-hydrogen) atoms. The van der Waals surface area contributed by atoms with Crippen molar-refractivity contribution in [3.05, 3.63) is 35.9 Å². The number of carbonyl (C=O) groups excluding carboxylic acids is 1. The fraction of sp³-hybridized carbons (Fsp3) is 0.467. The zero-order chi connectivity index (χ0) is 13.8. The number of nitrogens with zero attached hydrogens (tertiary/aromatic N) is 1. The van der Waals surface area contributed by atoms with Gasteiger partial charge in [-0.05, 0) is 5.56 Å². The van der Waals surface area contributed by atoms with Crippen LogP contribution in [0.4, 0.5) is 0 Å². The molecule has 1 fully saturated rings. The van der Waals surface area contributed by atoms with E-state index in [-0.39, 0.29) is 0 Å². The number of benzene rings is 1. The maximum atomic E-state index is 11.0. The molecule has 0 spiro atoms. The summed E-state index contributed by atoms with van der Waals surface area (Å²) in [6.07, 6.45) is 1.34. The van der Waals surface area contributed by atoms with Crippen molar-refractivity contribution in [3.8, 4) is 0 Å². The zero-order valence-corrected chi connectivity index (χ0v) is 11.1.